The van der Waals surface area contributed by atoms with Crippen LogP contribution in [-0.4, -0.2) is 41.3 Å². The van der Waals surface area contributed by atoms with Gasteiger partial charge in [-0.25, -0.2) is 14.8 Å². The molecule has 0 aliphatic carbocycles. The molecular weight excluding hydrogens is 418 g/mol. The zero-order valence-electron chi connectivity index (χ0n) is 17.1. The second-order valence-corrected chi connectivity index (χ2v) is 7.66. The summed E-state index contributed by atoms with van der Waals surface area (Å²) < 4.78 is 16.2. The third-order valence-corrected chi connectivity index (χ3v) is 5.51. The summed E-state index contributed by atoms with van der Waals surface area (Å²) in [5, 5.41) is 3.37. The van der Waals surface area contributed by atoms with Gasteiger partial charge in [-0.05, 0) is 31.4 Å². The van der Waals surface area contributed by atoms with E-state index in [2.05, 4.69) is 15.3 Å². The second-order valence-electron chi connectivity index (χ2n) is 6.87. The van der Waals surface area contributed by atoms with Crippen molar-refractivity contribution in [3.8, 4) is 17.3 Å². The molecule has 0 saturated carbocycles. The number of carbonyl (C=O) groups is 2. The molecule has 0 bridgehead atoms. The maximum atomic E-state index is 12.7. The van der Waals surface area contributed by atoms with Crippen LogP contribution in [0.5, 0.6) is 5.75 Å². The lowest BCUT2D eigenvalue weighted by Gasteiger charge is -2.26. The van der Waals surface area contributed by atoms with Gasteiger partial charge in [0.2, 0.25) is 0 Å². The van der Waals surface area contributed by atoms with Crippen molar-refractivity contribution in [3.63, 3.8) is 0 Å². The molecule has 1 aliphatic heterocycles. The van der Waals surface area contributed by atoms with E-state index in [1.807, 2.05) is 24.3 Å². The van der Waals surface area contributed by atoms with Gasteiger partial charge in [0, 0.05) is 12.0 Å². The topological polar surface area (TPSA) is 104 Å². The Morgan fingerprint density at radius 3 is 2.84 bits per heavy atom. The number of thioether (sulfide) groups is 1. The molecule has 4 rings (SSSR count). The van der Waals surface area contributed by atoms with Gasteiger partial charge in [-0.1, -0.05) is 18.2 Å². The number of nitrogens with zero attached hydrogens (tertiary/aromatic N) is 2. The van der Waals surface area contributed by atoms with Crippen LogP contribution in [0.25, 0.3) is 11.6 Å². The Balaban J connectivity index is 1.43. The molecule has 160 valence electrons. The fourth-order valence-corrected chi connectivity index (χ4v) is 3.99. The largest absolute Gasteiger partial charge is 0.493 e. The van der Waals surface area contributed by atoms with Crippen LogP contribution in [0.1, 0.15) is 34.1 Å². The van der Waals surface area contributed by atoms with Crippen molar-refractivity contribution in [2.24, 2.45) is 0 Å². The van der Waals surface area contributed by atoms with Crippen molar-refractivity contribution in [1.82, 2.24) is 15.3 Å². The highest BCUT2D eigenvalue weighted by atomic mass is 32.2. The van der Waals surface area contributed by atoms with Gasteiger partial charge in [0.25, 0.3) is 5.91 Å². The molecule has 3 heterocycles. The number of ether oxygens (including phenoxy) is 2. The molecule has 1 atom stereocenters. The van der Waals surface area contributed by atoms with Crippen LogP contribution in [-0.2, 0) is 9.53 Å². The van der Waals surface area contributed by atoms with Crippen molar-refractivity contribution in [3.05, 3.63) is 59.5 Å². The number of benzene rings is 1. The van der Waals surface area contributed by atoms with Crippen molar-refractivity contribution in [2.75, 3.05) is 19.5 Å². The quantitative estimate of drug-likeness (QED) is 0.353. The normalized spacial score (nSPS) is 15.0. The summed E-state index contributed by atoms with van der Waals surface area (Å²) in [4.78, 5) is 33.9. The van der Waals surface area contributed by atoms with Crippen LogP contribution >= 0.6 is 11.8 Å². The Morgan fingerprint density at radius 1 is 1.23 bits per heavy atom. The van der Waals surface area contributed by atoms with Crippen molar-refractivity contribution in [2.45, 2.75) is 24.4 Å². The number of hydrogen-bond acceptors (Lipinski definition) is 8. The summed E-state index contributed by atoms with van der Waals surface area (Å²) in [5.41, 5.74) is 1.61. The van der Waals surface area contributed by atoms with Crippen LogP contribution in [0.3, 0.4) is 0 Å². The van der Waals surface area contributed by atoms with E-state index >= 15 is 0 Å². The first-order valence-electron chi connectivity index (χ1n) is 9.71. The molecule has 1 aromatic carbocycles. The number of rotatable bonds is 6. The van der Waals surface area contributed by atoms with Crippen molar-refractivity contribution >= 4 is 23.6 Å². The minimum absolute atomic E-state index is 0.185. The Morgan fingerprint density at radius 2 is 2.06 bits per heavy atom. The van der Waals surface area contributed by atoms with Crippen LogP contribution in [0.2, 0.25) is 0 Å². The molecule has 1 aliphatic rings. The molecule has 8 nitrogen and oxygen atoms in total. The number of amides is 1. The second kappa shape index (κ2) is 9.22. The minimum Gasteiger partial charge on any atom is -0.493 e. The van der Waals surface area contributed by atoms with Gasteiger partial charge in [0.1, 0.15) is 16.3 Å². The van der Waals surface area contributed by atoms with Gasteiger partial charge in [0.05, 0.1) is 24.6 Å². The van der Waals surface area contributed by atoms with E-state index in [0.29, 0.717) is 35.3 Å². The first-order chi connectivity index (χ1) is 15.1. The van der Waals surface area contributed by atoms with Gasteiger partial charge in [-0.3, -0.25) is 4.79 Å². The summed E-state index contributed by atoms with van der Waals surface area (Å²) in [5.74, 6) is 0.626. The molecule has 1 unspecified atom stereocenters. The van der Waals surface area contributed by atoms with E-state index in [1.54, 1.807) is 25.3 Å². The average Bonchev–Trinajstić information content (AvgIpc) is 3.32. The standard InChI is InChI=1S/C22H21N3O5S/c1-13-19(21(31-2)25-20(23-13)17-8-5-10-28-17)22(27)30-12-18(26)24-15-9-11-29-16-7-4-3-6-14(15)16/h3-8,10,15H,9,11-12H2,1-2H3,(H,24,26). The molecule has 1 amide bonds. The number of esters is 1. The zero-order valence-corrected chi connectivity index (χ0v) is 17.9. The molecular formula is C22H21N3O5S. The molecule has 0 spiro atoms. The highest BCUT2D eigenvalue weighted by molar-refractivity contribution is 7.98. The summed E-state index contributed by atoms with van der Waals surface area (Å²) in [7, 11) is 0. The molecule has 2 aromatic heterocycles. The van der Waals surface area contributed by atoms with Gasteiger partial charge in [-0.15, -0.1) is 11.8 Å². The molecule has 31 heavy (non-hydrogen) atoms. The van der Waals surface area contributed by atoms with Gasteiger partial charge in [0.15, 0.2) is 18.2 Å². The van der Waals surface area contributed by atoms with Crippen molar-refractivity contribution < 1.29 is 23.5 Å². The van der Waals surface area contributed by atoms with Gasteiger partial charge in [-0.2, -0.15) is 0 Å². The molecule has 1 N–H and O–H groups in total. The minimum atomic E-state index is -0.643. The smallest absolute Gasteiger partial charge is 0.343 e. The number of aromatic nitrogens is 2. The summed E-state index contributed by atoms with van der Waals surface area (Å²) in [6, 6.07) is 10.9. The van der Waals surface area contributed by atoms with E-state index in [4.69, 9.17) is 13.9 Å². The lowest BCUT2D eigenvalue weighted by molar-refractivity contribution is -0.125. The van der Waals surface area contributed by atoms with Crippen LogP contribution in [0, 0.1) is 6.92 Å². The molecule has 0 saturated heterocycles. The van der Waals surface area contributed by atoms with Crippen molar-refractivity contribution in [1.29, 1.82) is 0 Å². The Bertz CT molecular complexity index is 1100. The van der Waals surface area contributed by atoms with E-state index < -0.39 is 12.6 Å². The predicted octanol–water partition coefficient (Wildman–Crippen LogP) is 3.56. The number of hydrogen-bond donors (Lipinski definition) is 1. The fraction of sp³-hybridized carbons (Fsp3) is 0.273. The molecule has 3 aromatic rings. The van der Waals surface area contributed by atoms with Gasteiger partial charge >= 0.3 is 5.97 Å². The first kappa shape index (κ1) is 20.9. The molecule has 0 fully saturated rings. The Labute approximate surface area is 183 Å². The summed E-state index contributed by atoms with van der Waals surface area (Å²) in [6.07, 6.45) is 3.98. The zero-order chi connectivity index (χ0) is 21.8. The highest BCUT2D eigenvalue weighted by Gasteiger charge is 2.25. The lowest BCUT2D eigenvalue weighted by atomic mass is 10.0. The van der Waals surface area contributed by atoms with E-state index in [1.165, 1.54) is 18.0 Å². The van der Waals surface area contributed by atoms with Crippen LogP contribution in [0.15, 0.2) is 52.1 Å². The predicted molar refractivity (Wildman–Crippen MR) is 114 cm³/mol. The number of carbonyl (C=O) groups excluding carboxylic acids is 2. The molecule has 9 heteroatoms. The van der Waals surface area contributed by atoms with Crippen LogP contribution < -0.4 is 10.1 Å². The SMILES string of the molecule is CSc1nc(-c2ccco2)nc(C)c1C(=O)OCC(=O)NC1CCOc2ccccc21. The number of furan rings is 1. The number of para-hydroxylation sites is 1. The third kappa shape index (κ3) is 4.56. The fourth-order valence-electron chi connectivity index (χ4n) is 3.38. The van der Waals surface area contributed by atoms with Gasteiger partial charge < -0.3 is 19.2 Å². The van der Waals surface area contributed by atoms with Crippen LogP contribution in [0.4, 0.5) is 0 Å². The Hall–Kier alpha value is -3.33. The number of aryl methyl sites for hydroxylation is 1. The first-order valence-corrected chi connectivity index (χ1v) is 10.9. The summed E-state index contributed by atoms with van der Waals surface area (Å²) >= 11 is 1.30. The average molecular weight is 439 g/mol. The monoisotopic (exact) mass is 439 g/mol. The number of nitrogens with one attached hydrogen (secondary N) is 1. The molecule has 0 radical (unpaired) electrons. The Kier molecular flexibility index (Phi) is 6.22. The maximum Gasteiger partial charge on any atom is 0.343 e. The highest BCUT2D eigenvalue weighted by Crippen LogP contribution is 2.31. The third-order valence-electron chi connectivity index (χ3n) is 4.82. The van der Waals surface area contributed by atoms with E-state index in [9.17, 15) is 9.59 Å². The van der Waals surface area contributed by atoms with E-state index in [-0.39, 0.29) is 17.5 Å². The maximum absolute atomic E-state index is 12.7. The lowest BCUT2D eigenvalue weighted by Crippen LogP contribution is -2.35. The van der Waals surface area contributed by atoms with E-state index in [0.717, 1.165) is 11.3 Å². The summed E-state index contributed by atoms with van der Waals surface area (Å²) in [6.45, 7) is 1.81. The number of fused-ring (bicyclic) bond motifs is 1.